The molecule has 0 saturated carbocycles. The number of ether oxygens (including phenoxy) is 2. The Balaban J connectivity index is 3.13. The molecule has 0 heterocycles. The molecule has 118 valence electrons. The first kappa shape index (κ1) is 17.4. The van der Waals surface area contributed by atoms with Crippen molar-refractivity contribution >= 4 is 15.7 Å². The van der Waals surface area contributed by atoms with Crippen molar-refractivity contribution < 1.29 is 27.2 Å². The van der Waals surface area contributed by atoms with Gasteiger partial charge in [-0.3, -0.25) is 10.1 Å². The highest BCUT2D eigenvalue weighted by molar-refractivity contribution is 7.89. The van der Waals surface area contributed by atoms with Crippen LogP contribution in [-0.4, -0.2) is 40.4 Å². The van der Waals surface area contributed by atoms with Gasteiger partial charge in [-0.05, 0) is 18.6 Å². The molecular weight excluding hydrogens is 307 g/mol. The summed E-state index contributed by atoms with van der Waals surface area (Å²) in [7, 11) is -1.40. The SMILES string of the molecule is COC(CNS(=O)(=O)c1cc([N+](=O)[O-])c(F)cc1C)OC. The number of hydrogen-bond donors (Lipinski definition) is 1. The number of aryl methyl sites for hydroxylation is 1. The van der Waals surface area contributed by atoms with E-state index in [2.05, 4.69) is 4.72 Å². The van der Waals surface area contributed by atoms with Crippen LogP contribution in [0.3, 0.4) is 0 Å². The minimum atomic E-state index is -4.06. The van der Waals surface area contributed by atoms with E-state index < -0.39 is 32.7 Å². The Morgan fingerprint density at radius 1 is 1.38 bits per heavy atom. The van der Waals surface area contributed by atoms with Gasteiger partial charge in [-0.25, -0.2) is 13.1 Å². The van der Waals surface area contributed by atoms with E-state index >= 15 is 0 Å². The fourth-order valence-electron chi connectivity index (χ4n) is 1.59. The fourth-order valence-corrected chi connectivity index (χ4v) is 2.85. The third-order valence-electron chi connectivity index (χ3n) is 2.70. The van der Waals surface area contributed by atoms with Gasteiger partial charge in [-0.1, -0.05) is 0 Å². The average molecular weight is 322 g/mol. The number of nitrogens with zero attached hydrogens (tertiary/aromatic N) is 1. The van der Waals surface area contributed by atoms with Gasteiger partial charge in [0.05, 0.1) is 16.4 Å². The highest BCUT2D eigenvalue weighted by atomic mass is 32.2. The maximum atomic E-state index is 13.4. The Labute approximate surface area is 121 Å². The topological polar surface area (TPSA) is 108 Å². The molecule has 1 aromatic carbocycles. The summed E-state index contributed by atoms with van der Waals surface area (Å²) in [5.74, 6) is -1.09. The van der Waals surface area contributed by atoms with E-state index in [-0.39, 0.29) is 17.0 Å². The number of hydrogen-bond acceptors (Lipinski definition) is 6. The standard InChI is InChI=1S/C11H15FN2O6S/c1-7-4-8(12)9(14(15)16)5-10(7)21(17,18)13-6-11(19-2)20-3/h4-5,11,13H,6H2,1-3H3. The van der Waals surface area contributed by atoms with E-state index in [1.165, 1.54) is 21.1 Å². The number of sulfonamides is 1. The number of rotatable bonds is 7. The summed E-state index contributed by atoms with van der Waals surface area (Å²) in [4.78, 5) is 9.32. The molecule has 0 bridgehead atoms. The molecule has 0 aliphatic rings. The van der Waals surface area contributed by atoms with Crippen LogP contribution in [0.15, 0.2) is 17.0 Å². The molecule has 0 fully saturated rings. The lowest BCUT2D eigenvalue weighted by Gasteiger charge is -2.15. The lowest BCUT2D eigenvalue weighted by molar-refractivity contribution is -0.387. The lowest BCUT2D eigenvalue weighted by atomic mass is 10.2. The molecule has 0 unspecified atom stereocenters. The number of benzene rings is 1. The Hall–Kier alpha value is -1.62. The zero-order valence-corrected chi connectivity index (χ0v) is 12.4. The summed E-state index contributed by atoms with van der Waals surface area (Å²) >= 11 is 0. The molecule has 0 spiro atoms. The largest absolute Gasteiger partial charge is 0.355 e. The third-order valence-corrected chi connectivity index (χ3v) is 4.26. The Morgan fingerprint density at radius 3 is 2.43 bits per heavy atom. The predicted octanol–water partition coefficient (Wildman–Crippen LogP) is 0.940. The second-order valence-corrected chi connectivity index (χ2v) is 5.81. The van der Waals surface area contributed by atoms with Crippen molar-refractivity contribution in [2.24, 2.45) is 0 Å². The molecule has 0 radical (unpaired) electrons. The predicted molar refractivity (Wildman–Crippen MR) is 70.8 cm³/mol. The van der Waals surface area contributed by atoms with Crippen molar-refractivity contribution in [2.75, 3.05) is 20.8 Å². The Kier molecular flexibility index (Phi) is 5.72. The zero-order chi connectivity index (χ0) is 16.2. The molecule has 0 aliphatic carbocycles. The molecule has 10 heteroatoms. The van der Waals surface area contributed by atoms with E-state index in [9.17, 15) is 22.9 Å². The van der Waals surface area contributed by atoms with Gasteiger partial charge in [0.25, 0.3) is 0 Å². The third kappa shape index (κ3) is 4.17. The molecule has 0 amide bonds. The maximum absolute atomic E-state index is 13.4. The van der Waals surface area contributed by atoms with Crippen molar-refractivity contribution in [3.8, 4) is 0 Å². The van der Waals surface area contributed by atoms with E-state index in [4.69, 9.17) is 9.47 Å². The molecule has 1 N–H and O–H groups in total. The van der Waals surface area contributed by atoms with Crippen molar-refractivity contribution in [2.45, 2.75) is 18.1 Å². The van der Waals surface area contributed by atoms with E-state index in [0.29, 0.717) is 6.07 Å². The van der Waals surface area contributed by atoms with Gasteiger partial charge in [0.1, 0.15) is 0 Å². The highest BCUT2D eigenvalue weighted by Gasteiger charge is 2.25. The molecule has 8 nitrogen and oxygen atoms in total. The molecule has 0 atom stereocenters. The van der Waals surface area contributed by atoms with Crippen LogP contribution in [0.5, 0.6) is 0 Å². The summed E-state index contributed by atoms with van der Waals surface area (Å²) in [6, 6.07) is 1.48. The van der Waals surface area contributed by atoms with E-state index in [1.807, 2.05) is 0 Å². The minimum absolute atomic E-state index is 0.0528. The first-order chi connectivity index (χ1) is 9.72. The number of nitro groups is 1. The maximum Gasteiger partial charge on any atom is 0.306 e. The van der Waals surface area contributed by atoms with Gasteiger partial charge in [-0.15, -0.1) is 0 Å². The second-order valence-electron chi connectivity index (χ2n) is 4.08. The van der Waals surface area contributed by atoms with Crippen LogP contribution in [0.1, 0.15) is 5.56 Å². The quantitative estimate of drug-likeness (QED) is 0.455. The molecular formula is C11H15FN2O6S. The molecule has 1 rings (SSSR count). The summed E-state index contributed by atoms with van der Waals surface area (Å²) in [5, 5.41) is 10.7. The summed E-state index contributed by atoms with van der Waals surface area (Å²) < 4.78 is 49.4. The molecule has 0 saturated heterocycles. The average Bonchev–Trinajstić information content (AvgIpc) is 2.38. The zero-order valence-electron chi connectivity index (χ0n) is 11.6. The van der Waals surface area contributed by atoms with Crippen molar-refractivity contribution in [1.82, 2.24) is 4.72 Å². The van der Waals surface area contributed by atoms with Crippen LogP contribution in [0.4, 0.5) is 10.1 Å². The second kappa shape index (κ2) is 6.89. The van der Waals surface area contributed by atoms with E-state index in [1.54, 1.807) is 0 Å². The van der Waals surface area contributed by atoms with E-state index in [0.717, 1.165) is 6.07 Å². The molecule has 21 heavy (non-hydrogen) atoms. The summed E-state index contributed by atoms with van der Waals surface area (Å²) in [6.07, 6.45) is -0.810. The number of halogens is 1. The molecule has 1 aromatic rings. The van der Waals surface area contributed by atoms with Gasteiger partial charge >= 0.3 is 5.69 Å². The van der Waals surface area contributed by atoms with Crippen LogP contribution < -0.4 is 4.72 Å². The number of nitrogens with one attached hydrogen (secondary N) is 1. The van der Waals surface area contributed by atoms with Crippen LogP contribution in [0.2, 0.25) is 0 Å². The Bertz CT molecular complexity index is 630. The first-order valence-corrected chi connectivity index (χ1v) is 7.21. The van der Waals surface area contributed by atoms with Crippen LogP contribution in [-0.2, 0) is 19.5 Å². The first-order valence-electron chi connectivity index (χ1n) is 5.72. The van der Waals surface area contributed by atoms with Gasteiger partial charge in [-0.2, -0.15) is 4.39 Å². The van der Waals surface area contributed by atoms with Crippen molar-refractivity contribution in [3.63, 3.8) is 0 Å². The minimum Gasteiger partial charge on any atom is -0.355 e. The Morgan fingerprint density at radius 2 is 1.95 bits per heavy atom. The van der Waals surface area contributed by atoms with Crippen LogP contribution in [0.25, 0.3) is 0 Å². The normalized spacial score (nSPS) is 11.9. The van der Waals surface area contributed by atoms with Gasteiger partial charge in [0.15, 0.2) is 6.29 Å². The van der Waals surface area contributed by atoms with Crippen LogP contribution in [0, 0.1) is 22.9 Å². The number of methoxy groups -OCH3 is 2. The fraction of sp³-hybridized carbons (Fsp3) is 0.455. The summed E-state index contributed by atoms with van der Waals surface area (Å²) in [5.41, 5.74) is -0.854. The lowest BCUT2D eigenvalue weighted by Crippen LogP contribution is -2.34. The smallest absolute Gasteiger partial charge is 0.306 e. The highest BCUT2D eigenvalue weighted by Crippen LogP contribution is 2.25. The number of nitro benzene ring substituents is 1. The van der Waals surface area contributed by atoms with Gasteiger partial charge in [0.2, 0.25) is 15.8 Å². The van der Waals surface area contributed by atoms with Gasteiger partial charge in [0, 0.05) is 20.3 Å². The molecule has 0 aliphatic heterocycles. The van der Waals surface area contributed by atoms with Crippen LogP contribution >= 0.6 is 0 Å². The van der Waals surface area contributed by atoms with Gasteiger partial charge < -0.3 is 9.47 Å². The molecule has 0 aromatic heterocycles. The monoisotopic (exact) mass is 322 g/mol. The summed E-state index contributed by atoms with van der Waals surface area (Å²) in [6.45, 7) is 1.14. The van der Waals surface area contributed by atoms with Crippen molar-refractivity contribution in [1.29, 1.82) is 0 Å². The van der Waals surface area contributed by atoms with Crippen molar-refractivity contribution in [3.05, 3.63) is 33.6 Å².